The van der Waals surface area contributed by atoms with Crippen LogP contribution in [0.25, 0.3) is 21.8 Å². The molecule has 2 N–H and O–H groups in total. The van der Waals surface area contributed by atoms with Gasteiger partial charge in [-0.05, 0) is 32.4 Å². The molecule has 120 valence electrons. The second-order valence-electron chi connectivity index (χ2n) is 5.39. The number of aryl methyl sites for hydroxylation is 2. The predicted molar refractivity (Wildman–Crippen MR) is 88.4 cm³/mol. The molecule has 0 saturated heterocycles. The first-order chi connectivity index (χ1) is 11.0. The van der Waals surface area contributed by atoms with Crippen LogP contribution in [0.5, 0.6) is 5.75 Å². The Bertz CT molecular complexity index is 982. The number of nitrogens with one attached hydrogen (secondary N) is 2. The van der Waals surface area contributed by atoms with Gasteiger partial charge in [0.15, 0.2) is 5.43 Å². The summed E-state index contributed by atoms with van der Waals surface area (Å²) in [6.07, 6.45) is 0. The van der Waals surface area contributed by atoms with Gasteiger partial charge in [-0.1, -0.05) is 0 Å². The van der Waals surface area contributed by atoms with E-state index >= 15 is 0 Å². The number of methoxy groups -OCH3 is 1. The van der Waals surface area contributed by atoms with E-state index in [1.54, 1.807) is 6.92 Å². The fourth-order valence-electron chi connectivity index (χ4n) is 2.79. The number of hydrogen-bond acceptors (Lipinski definition) is 4. The van der Waals surface area contributed by atoms with Crippen molar-refractivity contribution < 1.29 is 14.3 Å². The number of hydrogen-bond donors (Lipinski definition) is 2. The van der Waals surface area contributed by atoms with E-state index in [0.29, 0.717) is 16.7 Å². The van der Waals surface area contributed by atoms with Crippen molar-refractivity contribution in [3.63, 3.8) is 0 Å². The van der Waals surface area contributed by atoms with Crippen molar-refractivity contribution in [3.8, 4) is 5.75 Å². The molecule has 0 atom stereocenters. The summed E-state index contributed by atoms with van der Waals surface area (Å²) in [5.41, 5.74) is 3.13. The van der Waals surface area contributed by atoms with Crippen LogP contribution in [0.2, 0.25) is 0 Å². The number of pyridine rings is 1. The van der Waals surface area contributed by atoms with Crippen LogP contribution in [-0.4, -0.2) is 29.7 Å². The molecule has 0 fully saturated rings. The molecule has 6 nitrogen and oxygen atoms in total. The number of aromatic nitrogens is 2. The van der Waals surface area contributed by atoms with Gasteiger partial charge in [-0.2, -0.15) is 0 Å². The van der Waals surface area contributed by atoms with Gasteiger partial charge in [0.2, 0.25) is 0 Å². The third-order valence-electron chi connectivity index (χ3n) is 4.07. The second-order valence-corrected chi connectivity index (χ2v) is 5.39. The quantitative estimate of drug-likeness (QED) is 0.728. The molecule has 0 amide bonds. The molecular formula is C17H18N2O4. The minimum absolute atomic E-state index is 0.113. The van der Waals surface area contributed by atoms with Gasteiger partial charge in [-0.15, -0.1) is 0 Å². The third-order valence-corrected chi connectivity index (χ3v) is 4.07. The maximum absolute atomic E-state index is 12.6. The van der Waals surface area contributed by atoms with Crippen LogP contribution in [0.1, 0.15) is 28.7 Å². The number of fused-ring (bicyclic) bond motifs is 3. The van der Waals surface area contributed by atoms with E-state index in [1.807, 2.05) is 19.9 Å². The Labute approximate surface area is 132 Å². The topological polar surface area (TPSA) is 84.2 Å². The maximum atomic E-state index is 12.6. The maximum Gasteiger partial charge on any atom is 0.354 e. The summed E-state index contributed by atoms with van der Waals surface area (Å²) >= 11 is 0. The largest absolute Gasteiger partial charge is 0.495 e. The Morgan fingerprint density at radius 1 is 1.17 bits per heavy atom. The van der Waals surface area contributed by atoms with Crippen molar-refractivity contribution in [1.29, 1.82) is 0 Å². The summed E-state index contributed by atoms with van der Waals surface area (Å²) in [4.78, 5) is 30.7. The molecule has 23 heavy (non-hydrogen) atoms. The highest BCUT2D eigenvalue weighted by atomic mass is 16.5. The van der Waals surface area contributed by atoms with Crippen molar-refractivity contribution in [2.45, 2.75) is 20.8 Å². The third kappa shape index (κ3) is 2.27. The first-order valence-corrected chi connectivity index (χ1v) is 7.38. The van der Waals surface area contributed by atoms with Crippen molar-refractivity contribution >= 4 is 27.8 Å². The smallest absolute Gasteiger partial charge is 0.354 e. The average Bonchev–Trinajstić information content (AvgIpc) is 2.81. The Morgan fingerprint density at radius 2 is 1.91 bits per heavy atom. The summed E-state index contributed by atoms with van der Waals surface area (Å²) in [7, 11) is 1.53. The van der Waals surface area contributed by atoms with Gasteiger partial charge in [0.05, 0.1) is 30.1 Å². The van der Waals surface area contributed by atoms with E-state index in [1.165, 1.54) is 13.2 Å². The summed E-state index contributed by atoms with van der Waals surface area (Å²) in [5, 5.41) is 1.41. The lowest BCUT2D eigenvalue weighted by atomic mass is 10.1. The lowest BCUT2D eigenvalue weighted by Crippen LogP contribution is -2.13. The average molecular weight is 314 g/mol. The first-order valence-electron chi connectivity index (χ1n) is 7.38. The molecule has 2 heterocycles. The Kier molecular flexibility index (Phi) is 3.60. The highest BCUT2D eigenvalue weighted by Crippen LogP contribution is 2.33. The van der Waals surface area contributed by atoms with Gasteiger partial charge in [-0.3, -0.25) is 4.79 Å². The molecule has 0 aliphatic heterocycles. The lowest BCUT2D eigenvalue weighted by molar-refractivity contribution is 0.0520. The monoisotopic (exact) mass is 314 g/mol. The van der Waals surface area contributed by atoms with Crippen molar-refractivity contribution in [1.82, 2.24) is 9.97 Å². The number of esters is 1. The summed E-state index contributed by atoms with van der Waals surface area (Å²) in [6, 6.07) is 3.13. The van der Waals surface area contributed by atoms with E-state index < -0.39 is 5.97 Å². The van der Waals surface area contributed by atoms with Crippen molar-refractivity contribution in [2.75, 3.05) is 13.7 Å². The van der Waals surface area contributed by atoms with E-state index in [4.69, 9.17) is 9.47 Å². The summed E-state index contributed by atoms with van der Waals surface area (Å²) in [6.45, 7) is 5.89. The van der Waals surface area contributed by atoms with Crippen LogP contribution >= 0.6 is 0 Å². The summed E-state index contributed by atoms with van der Waals surface area (Å²) in [5.74, 6) is -0.0506. The summed E-state index contributed by atoms with van der Waals surface area (Å²) < 4.78 is 10.4. The number of carbonyl (C=O) groups excluding carboxylic acids is 1. The SMILES string of the molecule is CCOC(=O)c1cc(=O)c2c([nH]1)c(OC)cc1c(C)c(C)[nH]c12. The minimum atomic E-state index is -0.563. The number of rotatable bonds is 3. The van der Waals surface area contributed by atoms with Crippen LogP contribution in [0.4, 0.5) is 0 Å². The van der Waals surface area contributed by atoms with Gasteiger partial charge in [0.25, 0.3) is 0 Å². The minimum Gasteiger partial charge on any atom is -0.495 e. The normalized spacial score (nSPS) is 11.1. The van der Waals surface area contributed by atoms with Crippen LogP contribution < -0.4 is 10.2 Å². The van der Waals surface area contributed by atoms with Crippen LogP contribution in [0, 0.1) is 13.8 Å². The Hall–Kier alpha value is -2.76. The van der Waals surface area contributed by atoms with E-state index in [9.17, 15) is 9.59 Å². The zero-order chi connectivity index (χ0) is 16.7. The molecular weight excluding hydrogens is 296 g/mol. The van der Waals surface area contributed by atoms with Gasteiger partial charge in [0, 0.05) is 17.1 Å². The van der Waals surface area contributed by atoms with E-state index in [0.717, 1.165) is 22.2 Å². The van der Waals surface area contributed by atoms with Crippen LogP contribution in [0.15, 0.2) is 16.9 Å². The molecule has 0 aliphatic carbocycles. The standard InChI is InChI=1S/C17H18N2O4/c1-5-23-17(21)11-7-12(20)14-15-10(8(2)9(3)18-15)6-13(22-4)16(14)19-11/h6-7,18H,5H2,1-4H3,(H,19,20). The first kappa shape index (κ1) is 15.1. The number of ether oxygens (including phenoxy) is 2. The molecule has 0 unspecified atom stereocenters. The molecule has 0 saturated carbocycles. The molecule has 0 spiro atoms. The lowest BCUT2D eigenvalue weighted by Gasteiger charge is -2.09. The van der Waals surface area contributed by atoms with Crippen molar-refractivity contribution in [2.24, 2.45) is 0 Å². The molecule has 3 aromatic rings. The number of aromatic amines is 2. The number of H-pyrrole nitrogens is 2. The zero-order valence-corrected chi connectivity index (χ0v) is 13.5. The molecule has 2 aromatic heterocycles. The van der Waals surface area contributed by atoms with Gasteiger partial charge < -0.3 is 19.4 Å². The molecule has 6 heteroatoms. The van der Waals surface area contributed by atoms with E-state index in [2.05, 4.69) is 9.97 Å². The number of carbonyl (C=O) groups is 1. The molecule has 0 bridgehead atoms. The molecule has 3 rings (SSSR count). The van der Waals surface area contributed by atoms with Gasteiger partial charge >= 0.3 is 5.97 Å². The van der Waals surface area contributed by atoms with Gasteiger partial charge in [-0.25, -0.2) is 4.79 Å². The zero-order valence-electron chi connectivity index (χ0n) is 13.5. The fraction of sp³-hybridized carbons (Fsp3) is 0.294. The number of benzene rings is 1. The molecule has 1 aromatic carbocycles. The Morgan fingerprint density at radius 3 is 2.57 bits per heavy atom. The van der Waals surface area contributed by atoms with Crippen LogP contribution in [0.3, 0.4) is 0 Å². The van der Waals surface area contributed by atoms with E-state index in [-0.39, 0.29) is 17.7 Å². The fourth-order valence-corrected chi connectivity index (χ4v) is 2.79. The molecule has 0 radical (unpaired) electrons. The second kappa shape index (κ2) is 5.46. The highest BCUT2D eigenvalue weighted by molar-refractivity contribution is 6.09. The Balaban J connectivity index is 2.43. The van der Waals surface area contributed by atoms with Crippen molar-refractivity contribution in [3.05, 3.63) is 39.3 Å². The van der Waals surface area contributed by atoms with Crippen LogP contribution in [-0.2, 0) is 4.74 Å². The highest BCUT2D eigenvalue weighted by Gasteiger charge is 2.18. The molecule has 0 aliphatic rings. The predicted octanol–water partition coefficient (Wildman–Crippen LogP) is 2.81. The van der Waals surface area contributed by atoms with Gasteiger partial charge in [0.1, 0.15) is 11.4 Å².